The molecule has 101 heavy (non-hydrogen) atoms. The Kier molecular flexibility index (Phi) is 12.8. The van der Waals surface area contributed by atoms with Gasteiger partial charge in [0.25, 0.3) is 0 Å². The smallest absolute Gasteiger partial charge is 0.328 e. The third-order valence-corrected chi connectivity index (χ3v) is 22.2. The van der Waals surface area contributed by atoms with Crippen molar-refractivity contribution in [3.8, 4) is 68.5 Å². The average Bonchev–Trinajstić information content (AvgIpc) is 1.63. The number of hydrogen-bond acceptors (Lipinski definition) is 24. The van der Waals surface area contributed by atoms with Gasteiger partial charge in [0, 0.05) is 71.5 Å². The molecule has 0 unspecified atom stereocenters. The molecule has 480 valence electrons. The fourth-order valence-corrected chi connectivity index (χ4v) is 17.4. The predicted molar refractivity (Wildman–Crippen MR) is 392 cm³/mol. The fraction of sp³-hybridized carbons (Fsp3) is 0.0390. The Morgan fingerprint density at radius 1 is 0.297 bits per heavy atom. The van der Waals surface area contributed by atoms with E-state index in [1.807, 2.05) is 170 Å². The monoisotopic (exact) mass is 1390 g/mol. The van der Waals surface area contributed by atoms with Gasteiger partial charge in [-0.2, -0.15) is 47.4 Å². The molecule has 4 aliphatic carbocycles. The lowest BCUT2D eigenvalue weighted by Crippen LogP contribution is -2.18. The van der Waals surface area contributed by atoms with Crippen LogP contribution in [0.2, 0.25) is 0 Å². The molecule has 0 bridgehead atoms. The minimum atomic E-state index is -0.567. The Balaban J connectivity index is 0.603. The van der Waals surface area contributed by atoms with E-state index < -0.39 is 5.41 Å². The van der Waals surface area contributed by atoms with Crippen LogP contribution >= 0.6 is 46.1 Å². The number of benzene rings is 10. The highest BCUT2D eigenvalue weighted by molar-refractivity contribution is 7.15. The van der Waals surface area contributed by atoms with E-state index in [0.717, 1.165) is 79.8 Å². The van der Waals surface area contributed by atoms with Gasteiger partial charge in [0.15, 0.2) is 23.1 Å². The SMILES string of the molecule is CC(C)(c1ccc(Oc2nc(Nc3cccc4c3C(=O)c3cccc5snc-4c35)nc(Nc3cccc4c3C(=O)c3cccc5snc-4c35)n2)cc1)c1ccc(Oc2nc(Nc3cccc4c3C(=O)c3cccc5snc-4c35)nc(Nc3ccc4snc5c4c3C(=O)c3ccccc3-5)n2)cc1. The van der Waals surface area contributed by atoms with Gasteiger partial charge in [-0.1, -0.05) is 135 Å². The summed E-state index contributed by atoms with van der Waals surface area (Å²) in [5.41, 5.74) is 12.8. The van der Waals surface area contributed by atoms with E-state index in [1.165, 1.54) is 46.1 Å². The summed E-state index contributed by atoms with van der Waals surface area (Å²) < 4.78 is 35.8. The van der Waals surface area contributed by atoms with E-state index in [1.54, 1.807) is 24.3 Å². The van der Waals surface area contributed by atoms with Crippen LogP contribution < -0.4 is 30.7 Å². The first kappa shape index (κ1) is 58.4. The standard InChI is InChI=1S/C77H42N14O6S4/c1-77(2,35-25-29-37(30-26-35)96-75-84-71(78-47-19-5-13-41-55(47)68(93)44-16-8-22-51-58(44)64(41)89-98-51)82-72(85-75)79-48-20-6-14-42-56(48)69(94)45-17-9-23-52-59(45)65(42)90-99-52)36-27-31-38(32-28-36)97-76-86-73(80-49-21-7-15-43-57(49)70(95)46-18-10-24-53-60(46)66(43)91-100-53)83-74(87-76)81-50-33-34-54-62-61(50)67(92)40-12-4-3-11-39(40)63(62)88-101-54/h3-34H,1-2H3,(H2,78,79,82,84,85)(H2,80,81,83,86,87). The number of carbonyl (C=O) groups excluding carboxylic acids is 4. The molecule has 0 saturated carbocycles. The Bertz CT molecular complexity index is 6220. The lowest BCUT2D eigenvalue weighted by Gasteiger charge is -2.26. The van der Waals surface area contributed by atoms with Crippen LogP contribution in [0.4, 0.5) is 46.5 Å². The first-order valence-electron chi connectivity index (χ1n) is 31.9. The van der Waals surface area contributed by atoms with Gasteiger partial charge in [0.05, 0.1) is 86.6 Å². The zero-order chi connectivity index (χ0) is 67.5. The fourth-order valence-electron chi connectivity index (χ4n) is 14.1. The molecule has 20 nitrogen and oxygen atoms in total. The van der Waals surface area contributed by atoms with Crippen molar-refractivity contribution in [3.05, 3.63) is 250 Å². The quantitative estimate of drug-likeness (QED) is 0.0788. The van der Waals surface area contributed by atoms with E-state index in [-0.39, 0.29) is 58.9 Å². The third-order valence-electron chi connectivity index (χ3n) is 18.9. The summed E-state index contributed by atoms with van der Waals surface area (Å²) in [5.74, 6) is 0.434. The Morgan fingerprint density at radius 3 is 1.01 bits per heavy atom. The molecule has 0 saturated heterocycles. The van der Waals surface area contributed by atoms with Gasteiger partial charge in [0.2, 0.25) is 23.8 Å². The first-order valence-corrected chi connectivity index (χ1v) is 34.9. The summed E-state index contributed by atoms with van der Waals surface area (Å²) in [7, 11) is 0. The van der Waals surface area contributed by atoms with E-state index in [2.05, 4.69) is 35.1 Å². The summed E-state index contributed by atoms with van der Waals surface area (Å²) in [6.45, 7) is 4.22. The number of anilines is 8. The van der Waals surface area contributed by atoms with Gasteiger partial charge in [-0.25, -0.2) is 0 Å². The molecule has 4 N–H and O–H groups in total. The number of rotatable bonds is 14. The number of fused-ring (bicyclic) bond motifs is 8. The lowest BCUT2D eigenvalue weighted by molar-refractivity contribution is 0.103. The highest BCUT2D eigenvalue weighted by atomic mass is 32.1. The average molecular weight is 1390 g/mol. The number of nitrogens with one attached hydrogen (secondary N) is 4. The molecule has 4 aliphatic rings. The van der Waals surface area contributed by atoms with Gasteiger partial charge >= 0.3 is 12.0 Å². The molecule has 6 aromatic heterocycles. The summed E-state index contributed by atoms with van der Waals surface area (Å²) in [6, 6.07) is 59.8. The number of aromatic nitrogens is 10. The first-order chi connectivity index (χ1) is 49.4. The zero-order valence-electron chi connectivity index (χ0n) is 52.5. The molecule has 0 aliphatic heterocycles. The minimum absolute atomic E-state index is 0.0628. The molecular formula is C77H42N14O6S4. The van der Waals surface area contributed by atoms with Crippen LogP contribution in [0.15, 0.2) is 194 Å². The summed E-state index contributed by atoms with van der Waals surface area (Å²) in [4.78, 5) is 86.5. The summed E-state index contributed by atoms with van der Waals surface area (Å²) in [6.07, 6.45) is 0. The van der Waals surface area contributed by atoms with Gasteiger partial charge in [-0.05, 0) is 130 Å². The lowest BCUT2D eigenvalue weighted by atomic mass is 9.78. The maximum Gasteiger partial charge on any atom is 0.328 e. The molecule has 0 spiro atoms. The van der Waals surface area contributed by atoms with Crippen molar-refractivity contribution in [2.75, 3.05) is 21.3 Å². The molecule has 16 aromatic rings. The largest absolute Gasteiger partial charge is 0.424 e. The van der Waals surface area contributed by atoms with Gasteiger partial charge in [0.1, 0.15) is 11.5 Å². The predicted octanol–water partition coefficient (Wildman–Crippen LogP) is 18.2. The van der Waals surface area contributed by atoms with Gasteiger partial charge in [-0.15, -0.1) is 0 Å². The van der Waals surface area contributed by atoms with Crippen LogP contribution in [-0.4, -0.2) is 70.5 Å². The topological polar surface area (TPSA) is 264 Å². The second kappa shape index (κ2) is 22.1. The zero-order valence-corrected chi connectivity index (χ0v) is 55.8. The van der Waals surface area contributed by atoms with Crippen molar-refractivity contribution in [3.63, 3.8) is 0 Å². The highest BCUT2D eigenvalue weighted by Crippen LogP contribution is 2.49. The van der Waals surface area contributed by atoms with Crippen molar-refractivity contribution in [2.45, 2.75) is 19.3 Å². The number of carbonyl (C=O) groups is 4. The maximum absolute atomic E-state index is 14.4. The summed E-state index contributed by atoms with van der Waals surface area (Å²) in [5, 5.41) is 16.6. The number of nitrogens with zero attached hydrogens (tertiary/aromatic N) is 10. The van der Waals surface area contributed by atoms with Crippen LogP contribution in [0.1, 0.15) is 88.7 Å². The van der Waals surface area contributed by atoms with E-state index in [0.29, 0.717) is 95.4 Å². The number of hydrogen-bond donors (Lipinski definition) is 4. The molecule has 20 rings (SSSR count). The second-order valence-electron chi connectivity index (χ2n) is 25.0. The molecule has 0 amide bonds. The van der Waals surface area contributed by atoms with Gasteiger partial charge in [-0.3, -0.25) is 19.2 Å². The van der Waals surface area contributed by atoms with Crippen LogP contribution in [-0.2, 0) is 5.41 Å². The Labute approximate surface area is 587 Å². The van der Waals surface area contributed by atoms with Gasteiger partial charge < -0.3 is 30.7 Å². The number of ether oxygens (including phenoxy) is 2. The van der Waals surface area contributed by atoms with Crippen molar-refractivity contribution in [2.24, 2.45) is 0 Å². The van der Waals surface area contributed by atoms with Crippen LogP contribution in [0.25, 0.3) is 85.4 Å². The highest BCUT2D eigenvalue weighted by Gasteiger charge is 2.36. The third kappa shape index (κ3) is 9.15. The normalized spacial score (nSPS) is 12.9. The molecule has 0 radical (unpaired) electrons. The Morgan fingerprint density at radius 2 is 0.614 bits per heavy atom. The van der Waals surface area contributed by atoms with E-state index in [9.17, 15) is 19.2 Å². The van der Waals surface area contributed by atoms with Crippen LogP contribution in [0, 0.1) is 0 Å². The van der Waals surface area contributed by atoms with Crippen molar-refractivity contribution in [1.29, 1.82) is 0 Å². The second-order valence-corrected chi connectivity index (χ2v) is 28.2. The van der Waals surface area contributed by atoms with E-state index in [4.69, 9.17) is 56.9 Å². The van der Waals surface area contributed by atoms with E-state index >= 15 is 0 Å². The summed E-state index contributed by atoms with van der Waals surface area (Å²) >= 11 is 5.37. The van der Waals surface area contributed by atoms with Crippen LogP contribution in [0.3, 0.4) is 0 Å². The number of ketones is 4. The van der Waals surface area contributed by atoms with Crippen LogP contribution in [0.5, 0.6) is 23.5 Å². The molecule has 0 atom stereocenters. The minimum Gasteiger partial charge on any atom is -0.424 e. The molecular weight excluding hydrogens is 1350 g/mol. The van der Waals surface area contributed by atoms with Crippen molar-refractivity contribution < 1.29 is 28.7 Å². The molecule has 6 heterocycles. The molecule has 10 aromatic carbocycles. The Hall–Kier alpha value is -12.7. The molecule has 24 heteroatoms. The molecule has 0 fully saturated rings. The van der Waals surface area contributed by atoms with Crippen molar-refractivity contribution >= 4 is 156 Å². The maximum atomic E-state index is 14.4. The van der Waals surface area contributed by atoms with Crippen molar-refractivity contribution in [1.82, 2.24) is 47.4 Å².